The SMILES string of the molecule is CC(C)=CCC[C@](C)(O)CCC[C@](C)(O)CCC[C@@](C)(O)CCC[C@](C)(O)CCC[C@@](C)(O)CCC[C@@](C)(O)CCC[C@@](C)(O)CCC/C(C)=C/CC/C(C)=C/CO. The smallest absolute Gasteiger partial charge is 0.0622 e. The van der Waals surface area contributed by atoms with E-state index in [-0.39, 0.29) is 6.61 Å². The predicted octanol–water partition coefficient (Wildman–Crippen LogP) is 10.8. The monoisotopic (exact) mass is 825 g/mol. The zero-order valence-electron chi connectivity index (χ0n) is 39.7. The lowest BCUT2D eigenvalue weighted by Crippen LogP contribution is -2.31. The Morgan fingerprint density at radius 2 is 0.586 bits per heavy atom. The van der Waals surface area contributed by atoms with Crippen LogP contribution in [0.5, 0.6) is 0 Å². The molecule has 0 aliphatic carbocycles. The van der Waals surface area contributed by atoms with Gasteiger partial charge in [-0.3, -0.25) is 0 Å². The van der Waals surface area contributed by atoms with Crippen molar-refractivity contribution < 1.29 is 40.9 Å². The third-order valence-corrected chi connectivity index (χ3v) is 12.6. The third-order valence-electron chi connectivity index (χ3n) is 12.6. The van der Waals surface area contributed by atoms with Crippen molar-refractivity contribution in [2.24, 2.45) is 0 Å². The van der Waals surface area contributed by atoms with Crippen LogP contribution in [0.25, 0.3) is 0 Å². The summed E-state index contributed by atoms with van der Waals surface area (Å²) in [4.78, 5) is 0. The van der Waals surface area contributed by atoms with E-state index in [1.807, 2.05) is 61.5 Å². The highest BCUT2D eigenvalue weighted by atomic mass is 16.3. The molecule has 0 saturated carbocycles. The van der Waals surface area contributed by atoms with Crippen molar-refractivity contribution in [3.05, 3.63) is 34.9 Å². The molecule has 0 aliphatic heterocycles. The fourth-order valence-electron chi connectivity index (χ4n) is 8.30. The number of aliphatic hydroxyl groups excluding tert-OH is 1. The van der Waals surface area contributed by atoms with Crippen molar-refractivity contribution in [1.82, 2.24) is 0 Å². The molecule has 0 aromatic rings. The van der Waals surface area contributed by atoms with Crippen LogP contribution in [0.2, 0.25) is 0 Å². The molecule has 8 nitrogen and oxygen atoms in total. The lowest BCUT2D eigenvalue weighted by atomic mass is 9.83. The lowest BCUT2D eigenvalue weighted by Gasteiger charge is -2.31. The van der Waals surface area contributed by atoms with Gasteiger partial charge in [-0.25, -0.2) is 0 Å². The van der Waals surface area contributed by atoms with Gasteiger partial charge in [-0.15, -0.1) is 0 Å². The molecule has 0 saturated heterocycles. The Hall–Kier alpha value is -1.10. The van der Waals surface area contributed by atoms with E-state index < -0.39 is 39.2 Å². The van der Waals surface area contributed by atoms with Crippen molar-refractivity contribution in [2.75, 3.05) is 6.61 Å². The molecule has 0 unspecified atom stereocenters. The topological polar surface area (TPSA) is 162 Å². The Morgan fingerprint density at radius 1 is 0.328 bits per heavy atom. The molecule has 8 heteroatoms. The van der Waals surface area contributed by atoms with Gasteiger partial charge in [0.2, 0.25) is 0 Å². The van der Waals surface area contributed by atoms with E-state index in [9.17, 15) is 35.7 Å². The van der Waals surface area contributed by atoms with Gasteiger partial charge in [-0.2, -0.15) is 0 Å². The highest BCUT2D eigenvalue weighted by Gasteiger charge is 2.30. The average molecular weight is 825 g/mol. The van der Waals surface area contributed by atoms with Gasteiger partial charge in [0.05, 0.1) is 45.8 Å². The minimum atomic E-state index is -0.888. The van der Waals surface area contributed by atoms with Crippen LogP contribution in [-0.2, 0) is 0 Å². The van der Waals surface area contributed by atoms with Crippen molar-refractivity contribution in [3.8, 4) is 0 Å². The second kappa shape index (κ2) is 27.1. The van der Waals surface area contributed by atoms with E-state index in [4.69, 9.17) is 5.11 Å². The molecule has 8 N–H and O–H groups in total. The van der Waals surface area contributed by atoms with Crippen LogP contribution in [0.15, 0.2) is 34.9 Å². The Kier molecular flexibility index (Phi) is 26.6. The van der Waals surface area contributed by atoms with Crippen molar-refractivity contribution in [1.29, 1.82) is 0 Å². The molecule has 0 heterocycles. The minimum Gasteiger partial charge on any atom is -0.392 e. The molecule has 0 aromatic carbocycles. The maximum atomic E-state index is 11.1. The van der Waals surface area contributed by atoms with E-state index in [0.29, 0.717) is 109 Å². The number of aliphatic hydroxyl groups is 8. The number of hydrogen-bond acceptors (Lipinski definition) is 8. The van der Waals surface area contributed by atoms with Crippen molar-refractivity contribution >= 4 is 0 Å². The summed E-state index contributed by atoms with van der Waals surface area (Å²) in [6, 6.07) is 0. The van der Waals surface area contributed by atoms with E-state index in [2.05, 4.69) is 32.9 Å². The van der Waals surface area contributed by atoms with Gasteiger partial charge in [-0.1, -0.05) is 34.9 Å². The van der Waals surface area contributed by atoms with Gasteiger partial charge in [0.25, 0.3) is 0 Å². The van der Waals surface area contributed by atoms with Crippen LogP contribution in [-0.4, -0.2) is 86.7 Å². The van der Waals surface area contributed by atoms with Crippen LogP contribution < -0.4 is 0 Å². The number of hydrogen-bond donors (Lipinski definition) is 8. The molecule has 0 rings (SSSR count). The van der Waals surface area contributed by atoms with E-state index in [1.54, 1.807) is 0 Å². The number of allylic oxidation sites excluding steroid dienone is 5. The average Bonchev–Trinajstić information content (AvgIpc) is 3.03. The van der Waals surface area contributed by atoms with Gasteiger partial charge < -0.3 is 40.9 Å². The highest BCUT2D eigenvalue weighted by molar-refractivity contribution is 5.04. The summed E-state index contributed by atoms with van der Waals surface area (Å²) in [5.41, 5.74) is -2.06. The summed E-state index contributed by atoms with van der Waals surface area (Å²) in [5.74, 6) is 0. The minimum absolute atomic E-state index is 0.0886. The van der Waals surface area contributed by atoms with Crippen LogP contribution in [0.3, 0.4) is 0 Å². The highest BCUT2D eigenvalue weighted by Crippen LogP contribution is 2.32. The molecule has 0 amide bonds. The van der Waals surface area contributed by atoms with Gasteiger partial charge in [0, 0.05) is 0 Å². The molecule has 0 radical (unpaired) electrons. The maximum Gasteiger partial charge on any atom is 0.0622 e. The summed E-state index contributed by atoms with van der Waals surface area (Å²) in [7, 11) is 0. The van der Waals surface area contributed by atoms with Gasteiger partial charge in [-0.05, 0) is 237 Å². The Labute approximate surface area is 357 Å². The standard InChI is InChI=1S/C50H96O8/c1-41(2)21-13-26-44(5,52)28-15-30-46(7,54)32-17-34-48(9,56)36-19-38-50(11,58)39-20-37-49(10,57)35-18-33-47(8,55)31-16-29-45(6,53)27-14-24-42(3)22-12-23-43(4)25-40-51/h21-22,25,51-58H,12-20,23-24,26-40H2,1-11H3/b42-22+,43-25+/t44-,45-,46-,47-,48+,49-,50-/m0/s1. The zero-order chi connectivity index (χ0) is 44.7. The summed E-state index contributed by atoms with van der Waals surface area (Å²) >= 11 is 0. The summed E-state index contributed by atoms with van der Waals surface area (Å²) in [5, 5.41) is 85.8. The fraction of sp³-hybridized carbons (Fsp3) is 0.880. The third kappa shape index (κ3) is 32.6. The fourth-order valence-corrected chi connectivity index (χ4v) is 8.30. The van der Waals surface area contributed by atoms with E-state index in [1.165, 1.54) is 16.7 Å². The number of rotatable bonds is 35. The Morgan fingerprint density at radius 3 is 0.862 bits per heavy atom. The maximum absolute atomic E-state index is 11.1. The first-order chi connectivity index (χ1) is 26.5. The van der Waals surface area contributed by atoms with Gasteiger partial charge >= 0.3 is 0 Å². The Bertz CT molecular complexity index is 1180. The first-order valence-corrected chi connectivity index (χ1v) is 23.1. The summed E-state index contributed by atoms with van der Waals surface area (Å²) < 4.78 is 0. The van der Waals surface area contributed by atoms with Crippen molar-refractivity contribution in [2.45, 2.75) is 276 Å². The molecular weight excluding hydrogens is 729 g/mol. The van der Waals surface area contributed by atoms with Crippen LogP contribution >= 0.6 is 0 Å². The molecule has 0 aliphatic rings. The van der Waals surface area contributed by atoms with Crippen molar-refractivity contribution in [3.63, 3.8) is 0 Å². The van der Waals surface area contributed by atoms with Crippen LogP contribution in [0.1, 0.15) is 237 Å². The molecule has 344 valence electrons. The Balaban J connectivity index is 4.40. The predicted molar refractivity (Wildman–Crippen MR) is 244 cm³/mol. The first kappa shape index (κ1) is 56.9. The molecule has 0 fully saturated rings. The van der Waals surface area contributed by atoms with Crippen LogP contribution in [0.4, 0.5) is 0 Å². The molecular formula is C50H96O8. The zero-order valence-corrected chi connectivity index (χ0v) is 39.7. The van der Waals surface area contributed by atoms with E-state index >= 15 is 0 Å². The molecule has 0 bridgehead atoms. The molecule has 7 atom stereocenters. The first-order valence-electron chi connectivity index (χ1n) is 23.1. The molecule has 0 spiro atoms. The second-order valence-corrected chi connectivity index (χ2v) is 21.1. The summed E-state index contributed by atoms with van der Waals surface area (Å²) in [6.07, 6.45) is 23.6. The normalized spacial score (nSPS) is 20.2. The van der Waals surface area contributed by atoms with E-state index in [0.717, 1.165) is 51.4 Å². The largest absolute Gasteiger partial charge is 0.392 e. The second-order valence-electron chi connectivity index (χ2n) is 21.1. The summed E-state index contributed by atoms with van der Waals surface area (Å²) in [6.45, 7) is 21.4. The van der Waals surface area contributed by atoms with Crippen LogP contribution in [0, 0.1) is 0 Å². The molecule has 58 heavy (non-hydrogen) atoms. The lowest BCUT2D eigenvalue weighted by molar-refractivity contribution is -0.00813. The quantitative estimate of drug-likeness (QED) is 0.0293. The van der Waals surface area contributed by atoms with Gasteiger partial charge in [0.1, 0.15) is 0 Å². The molecule has 0 aromatic heterocycles. The van der Waals surface area contributed by atoms with Gasteiger partial charge in [0.15, 0.2) is 0 Å².